The number of carbonyl (C=O) groups is 2. The number of hydrogen-bond donors (Lipinski definition) is 2. The number of fused-ring (bicyclic) bond motifs is 3. The highest BCUT2D eigenvalue weighted by molar-refractivity contribution is 6.02. The lowest BCUT2D eigenvalue weighted by Gasteiger charge is -2.25. The average Bonchev–Trinajstić information content (AvgIpc) is 3.59. The summed E-state index contributed by atoms with van der Waals surface area (Å²) in [7, 11) is 3.87. The van der Waals surface area contributed by atoms with Crippen LogP contribution < -0.4 is 16.0 Å². The number of rotatable bonds is 13. The summed E-state index contributed by atoms with van der Waals surface area (Å²) in [6.45, 7) is 0.828. The van der Waals surface area contributed by atoms with Gasteiger partial charge in [0, 0.05) is 39.6 Å². The molecule has 6 aromatic carbocycles. The summed E-state index contributed by atoms with van der Waals surface area (Å²) in [6, 6.07) is 51.1. The fraction of sp³-hybridized carbons (Fsp3) is 0.149. The van der Waals surface area contributed by atoms with Crippen LogP contribution in [0, 0.1) is 0 Å². The van der Waals surface area contributed by atoms with Crippen molar-refractivity contribution >= 4 is 56.2 Å². The Balaban J connectivity index is 1.28. The average molecular weight is 738 g/mol. The quantitative estimate of drug-likeness (QED) is 0.123. The van der Waals surface area contributed by atoms with Crippen molar-refractivity contribution in [2.45, 2.75) is 25.6 Å². The Labute approximate surface area is 326 Å². The van der Waals surface area contributed by atoms with Gasteiger partial charge in [-0.2, -0.15) is 9.97 Å². The van der Waals surface area contributed by atoms with Crippen LogP contribution >= 0.6 is 0 Å². The molecule has 2 heterocycles. The summed E-state index contributed by atoms with van der Waals surface area (Å²) in [5, 5.41) is 8.59. The van der Waals surface area contributed by atoms with Crippen molar-refractivity contribution < 1.29 is 9.59 Å². The molecule has 0 fully saturated rings. The number of nitrogens with two attached hydrogens (primary N) is 1. The maximum absolute atomic E-state index is 15.1. The molecule has 0 saturated carbocycles. The van der Waals surface area contributed by atoms with Crippen LogP contribution in [0.1, 0.15) is 38.7 Å². The van der Waals surface area contributed by atoms with Gasteiger partial charge in [-0.1, -0.05) is 146 Å². The number of carbonyl (C=O) groups excluding carboxylic acids is 2. The third-order valence-electron chi connectivity index (χ3n) is 10.3. The molecule has 0 aliphatic heterocycles. The van der Waals surface area contributed by atoms with Crippen molar-refractivity contribution in [3.8, 4) is 0 Å². The molecule has 0 spiro atoms. The molecular weight excluding hydrogens is 695 g/mol. The lowest BCUT2D eigenvalue weighted by atomic mass is 9.91. The molecule has 8 rings (SSSR count). The Morgan fingerprint density at radius 1 is 0.679 bits per heavy atom. The highest BCUT2D eigenvalue weighted by Gasteiger charge is 2.28. The first-order valence-electron chi connectivity index (χ1n) is 18.8. The molecule has 9 heteroatoms. The SMILES string of the molecule is CN(C)c1nc(NCc2cccc3ccccc23)nc2c1cc(C(=O)N(CC(N)=O)Cc1cccc3ccccc13)n2CC(c1ccccc1)c1ccccc1. The molecule has 278 valence electrons. The molecule has 0 aliphatic carbocycles. The molecule has 9 nitrogen and oxygen atoms in total. The number of benzene rings is 6. The number of amides is 2. The summed E-state index contributed by atoms with van der Waals surface area (Å²) < 4.78 is 2.00. The second-order valence-corrected chi connectivity index (χ2v) is 14.3. The monoisotopic (exact) mass is 737 g/mol. The van der Waals surface area contributed by atoms with Gasteiger partial charge < -0.3 is 25.4 Å². The highest BCUT2D eigenvalue weighted by Crippen LogP contribution is 2.34. The van der Waals surface area contributed by atoms with Crippen molar-refractivity contribution in [1.29, 1.82) is 0 Å². The molecule has 2 amide bonds. The van der Waals surface area contributed by atoms with E-state index in [1.165, 1.54) is 4.90 Å². The number of nitrogens with one attached hydrogen (secondary N) is 1. The van der Waals surface area contributed by atoms with Crippen LogP contribution in [0.25, 0.3) is 32.6 Å². The molecule has 8 aromatic rings. The molecule has 56 heavy (non-hydrogen) atoms. The van der Waals surface area contributed by atoms with Crippen molar-refractivity contribution in [3.05, 3.63) is 180 Å². The fourth-order valence-corrected chi connectivity index (χ4v) is 7.65. The minimum atomic E-state index is -0.596. The first-order valence-corrected chi connectivity index (χ1v) is 18.8. The summed E-state index contributed by atoms with van der Waals surface area (Å²) in [5.74, 6) is 0.0425. The smallest absolute Gasteiger partial charge is 0.271 e. The number of anilines is 2. The largest absolute Gasteiger partial charge is 0.368 e. The summed E-state index contributed by atoms with van der Waals surface area (Å²) in [4.78, 5) is 41.4. The van der Waals surface area contributed by atoms with Crippen molar-refractivity contribution in [3.63, 3.8) is 0 Å². The lowest BCUT2D eigenvalue weighted by molar-refractivity contribution is -0.118. The first kappa shape index (κ1) is 36.0. The predicted octanol–water partition coefficient (Wildman–Crippen LogP) is 8.38. The van der Waals surface area contributed by atoms with E-state index in [1.807, 2.05) is 121 Å². The summed E-state index contributed by atoms with van der Waals surface area (Å²) in [6.07, 6.45) is 0. The van der Waals surface area contributed by atoms with E-state index in [-0.39, 0.29) is 24.9 Å². The first-order chi connectivity index (χ1) is 27.3. The highest BCUT2D eigenvalue weighted by atomic mass is 16.2. The van der Waals surface area contributed by atoms with Gasteiger partial charge in [0.2, 0.25) is 11.9 Å². The van der Waals surface area contributed by atoms with Crippen LogP contribution in [0.4, 0.5) is 11.8 Å². The van der Waals surface area contributed by atoms with E-state index in [0.29, 0.717) is 36.2 Å². The third-order valence-corrected chi connectivity index (χ3v) is 10.3. The fourth-order valence-electron chi connectivity index (χ4n) is 7.65. The molecule has 0 saturated heterocycles. The molecular formula is C47H43N7O2. The van der Waals surface area contributed by atoms with Gasteiger partial charge in [0.05, 0.1) is 5.39 Å². The molecule has 0 bridgehead atoms. The van der Waals surface area contributed by atoms with Crippen LogP contribution in [0.5, 0.6) is 0 Å². The Hall–Kier alpha value is -7.00. The Kier molecular flexibility index (Phi) is 10.1. The van der Waals surface area contributed by atoms with Gasteiger partial charge in [0.1, 0.15) is 23.7 Å². The van der Waals surface area contributed by atoms with E-state index in [2.05, 4.69) is 59.9 Å². The zero-order valence-corrected chi connectivity index (χ0v) is 31.5. The van der Waals surface area contributed by atoms with E-state index in [0.717, 1.165) is 49.2 Å². The second kappa shape index (κ2) is 15.8. The van der Waals surface area contributed by atoms with E-state index in [4.69, 9.17) is 15.7 Å². The lowest BCUT2D eigenvalue weighted by Crippen LogP contribution is -2.39. The number of hydrogen-bond acceptors (Lipinski definition) is 6. The summed E-state index contributed by atoms with van der Waals surface area (Å²) >= 11 is 0. The van der Waals surface area contributed by atoms with Crippen LogP contribution in [0.3, 0.4) is 0 Å². The molecule has 0 radical (unpaired) electrons. The van der Waals surface area contributed by atoms with Crippen LogP contribution in [0.2, 0.25) is 0 Å². The van der Waals surface area contributed by atoms with Gasteiger partial charge in [-0.3, -0.25) is 9.59 Å². The van der Waals surface area contributed by atoms with Crippen molar-refractivity contribution in [2.24, 2.45) is 5.73 Å². The van der Waals surface area contributed by atoms with Crippen molar-refractivity contribution in [2.75, 3.05) is 30.9 Å². The van der Waals surface area contributed by atoms with Crippen LogP contribution in [-0.4, -0.2) is 51.9 Å². The standard InChI is InChI=1S/C47H43N7O2/c1-52(2)44-40-27-42(46(56)53(31-43(48)55)29-37-24-14-22-33-20-10-12-26-39(33)37)54(30-41(34-15-5-3-6-16-34)35-17-7-4-8-18-35)45(40)51-47(50-44)49-28-36-23-13-21-32-19-9-11-25-38(32)36/h3-27,41H,28-31H2,1-2H3,(H2,48,55)(H,49,50,51). The minimum Gasteiger partial charge on any atom is -0.368 e. The van der Waals surface area contributed by atoms with Crippen molar-refractivity contribution in [1.82, 2.24) is 19.4 Å². The van der Waals surface area contributed by atoms with Crippen LogP contribution in [-0.2, 0) is 24.4 Å². The van der Waals surface area contributed by atoms with Crippen LogP contribution in [0.15, 0.2) is 152 Å². The van der Waals surface area contributed by atoms with Gasteiger partial charge in [-0.15, -0.1) is 0 Å². The number of primary amides is 1. The van der Waals surface area contributed by atoms with E-state index in [9.17, 15) is 4.79 Å². The van der Waals surface area contributed by atoms with Gasteiger partial charge in [0.25, 0.3) is 5.91 Å². The number of nitrogens with zero attached hydrogens (tertiary/aromatic N) is 5. The topological polar surface area (TPSA) is 109 Å². The molecule has 3 N–H and O–H groups in total. The Morgan fingerprint density at radius 3 is 1.84 bits per heavy atom. The zero-order chi connectivity index (χ0) is 38.6. The van der Waals surface area contributed by atoms with E-state index < -0.39 is 5.91 Å². The van der Waals surface area contributed by atoms with E-state index in [1.54, 1.807) is 0 Å². The molecule has 2 aromatic heterocycles. The molecule has 0 unspecified atom stereocenters. The second-order valence-electron chi connectivity index (χ2n) is 14.3. The normalized spacial score (nSPS) is 11.3. The van der Waals surface area contributed by atoms with Gasteiger partial charge >= 0.3 is 0 Å². The Morgan fingerprint density at radius 2 is 1.23 bits per heavy atom. The number of aromatic nitrogens is 3. The zero-order valence-electron chi connectivity index (χ0n) is 31.5. The van der Waals surface area contributed by atoms with Gasteiger partial charge in [-0.25, -0.2) is 0 Å². The third kappa shape index (κ3) is 7.39. The molecule has 0 aliphatic rings. The maximum Gasteiger partial charge on any atom is 0.271 e. The van der Waals surface area contributed by atoms with Gasteiger partial charge in [-0.05, 0) is 49.9 Å². The predicted molar refractivity (Wildman–Crippen MR) is 226 cm³/mol. The minimum absolute atomic E-state index is 0.132. The van der Waals surface area contributed by atoms with E-state index >= 15 is 4.79 Å². The van der Waals surface area contributed by atoms with Gasteiger partial charge in [0.15, 0.2) is 0 Å². The summed E-state index contributed by atoms with van der Waals surface area (Å²) in [5.41, 5.74) is 11.1. The maximum atomic E-state index is 15.1. The Bertz CT molecular complexity index is 2620. The molecule has 0 atom stereocenters.